The van der Waals surface area contributed by atoms with Gasteiger partial charge in [-0.05, 0) is 36.1 Å². The summed E-state index contributed by atoms with van der Waals surface area (Å²) in [7, 11) is 0. The predicted molar refractivity (Wildman–Crippen MR) is 82.4 cm³/mol. The van der Waals surface area contributed by atoms with Crippen molar-refractivity contribution in [3.8, 4) is 0 Å². The van der Waals surface area contributed by atoms with Gasteiger partial charge in [-0.25, -0.2) is 0 Å². The lowest BCUT2D eigenvalue weighted by Crippen LogP contribution is -2.19. The maximum atomic E-state index is 3.52. The lowest BCUT2D eigenvalue weighted by atomic mass is 9.99. The third kappa shape index (κ3) is 3.93. The molecule has 100 valence electrons. The molecule has 0 spiro atoms. The van der Waals surface area contributed by atoms with E-state index in [0.717, 1.165) is 19.4 Å². The van der Waals surface area contributed by atoms with Crippen LogP contribution in [0.1, 0.15) is 43.0 Å². The normalized spacial score (nSPS) is 12.3. The van der Waals surface area contributed by atoms with Gasteiger partial charge in [0.05, 0.1) is 0 Å². The Morgan fingerprint density at radius 3 is 2.05 bits per heavy atom. The number of nitrogens with one attached hydrogen (secondary N) is 1. The number of hydrogen-bond acceptors (Lipinski definition) is 1. The molecular formula is C18H23N. The van der Waals surface area contributed by atoms with Gasteiger partial charge in [-0.1, -0.05) is 68.4 Å². The summed E-state index contributed by atoms with van der Waals surface area (Å²) in [6, 6.07) is 20.1. The molecule has 0 aliphatic carbocycles. The molecule has 0 radical (unpaired) electrons. The Kier molecular flexibility index (Phi) is 5.17. The van der Waals surface area contributed by atoms with E-state index in [9.17, 15) is 0 Å². The SMILES string of the molecule is CCNC(CC)c1ccc(Cc2ccccc2)cc1. The summed E-state index contributed by atoms with van der Waals surface area (Å²) in [5.41, 5.74) is 4.14. The van der Waals surface area contributed by atoms with Gasteiger partial charge < -0.3 is 5.32 Å². The summed E-state index contributed by atoms with van der Waals surface area (Å²) in [5, 5.41) is 3.52. The van der Waals surface area contributed by atoms with Crippen molar-refractivity contribution >= 4 is 0 Å². The van der Waals surface area contributed by atoms with Crippen LogP contribution in [0, 0.1) is 0 Å². The molecule has 2 rings (SSSR count). The maximum Gasteiger partial charge on any atom is 0.0317 e. The molecule has 0 saturated carbocycles. The van der Waals surface area contributed by atoms with Crippen LogP contribution < -0.4 is 5.32 Å². The summed E-state index contributed by atoms with van der Waals surface area (Å²) >= 11 is 0. The third-order valence-electron chi connectivity index (χ3n) is 3.49. The second-order valence-electron chi connectivity index (χ2n) is 4.92. The van der Waals surface area contributed by atoms with Gasteiger partial charge in [0.25, 0.3) is 0 Å². The molecule has 0 bridgehead atoms. The lowest BCUT2D eigenvalue weighted by molar-refractivity contribution is 0.537. The van der Waals surface area contributed by atoms with Crippen LogP contribution in [0.3, 0.4) is 0 Å². The minimum Gasteiger partial charge on any atom is -0.310 e. The van der Waals surface area contributed by atoms with Gasteiger partial charge in [-0.15, -0.1) is 0 Å². The van der Waals surface area contributed by atoms with E-state index >= 15 is 0 Å². The minimum atomic E-state index is 0.482. The number of rotatable bonds is 6. The fourth-order valence-corrected chi connectivity index (χ4v) is 2.44. The van der Waals surface area contributed by atoms with Gasteiger partial charge in [0.15, 0.2) is 0 Å². The van der Waals surface area contributed by atoms with Crippen LogP contribution in [-0.4, -0.2) is 6.54 Å². The molecular weight excluding hydrogens is 230 g/mol. The molecule has 1 N–H and O–H groups in total. The highest BCUT2D eigenvalue weighted by molar-refractivity contribution is 5.29. The average Bonchev–Trinajstić information content (AvgIpc) is 2.47. The Hall–Kier alpha value is -1.60. The van der Waals surface area contributed by atoms with Crippen LogP contribution in [-0.2, 0) is 6.42 Å². The molecule has 1 atom stereocenters. The zero-order valence-corrected chi connectivity index (χ0v) is 11.9. The molecule has 1 nitrogen and oxygen atoms in total. The van der Waals surface area contributed by atoms with Gasteiger partial charge in [0.2, 0.25) is 0 Å². The zero-order valence-electron chi connectivity index (χ0n) is 11.9. The van der Waals surface area contributed by atoms with Crippen molar-refractivity contribution in [1.29, 1.82) is 0 Å². The van der Waals surface area contributed by atoms with Crippen molar-refractivity contribution in [2.45, 2.75) is 32.7 Å². The molecule has 0 aliphatic rings. The molecule has 2 aromatic carbocycles. The molecule has 0 aromatic heterocycles. The van der Waals surface area contributed by atoms with Gasteiger partial charge in [-0.2, -0.15) is 0 Å². The van der Waals surface area contributed by atoms with Crippen LogP contribution in [0.4, 0.5) is 0 Å². The van der Waals surface area contributed by atoms with Crippen LogP contribution in [0.5, 0.6) is 0 Å². The van der Waals surface area contributed by atoms with E-state index in [1.54, 1.807) is 0 Å². The molecule has 1 heteroatoms. The molecule has 0 fully saturated rings. The first-order valence-electron chi connectivity index (χ1n) is 7.19. The third-order valence-corrected chi connectivity index (χ3v) is 3.49. The highest BCUT2D eigenvalue weighted by Crippen LogP contribution is 2.18. The van der Waals surface area contributed by atoms with E-state index in [1.165, 1.54) is 16.7 Å². The van der Waals surface area contributed by atoms with E-state index in [-0.39, 0.29) is 0 Å². The maximum absolute atomic E-state index is 3.52. The first kappa shape index (κ1) is 13.8. The standard InChI is InChI=1S/C18H23N/c1-3-18(19-4-2)17-12-10-16(11-13-17)14-15-8-6-5-7-9-15/h5-13,18-19H,3-4,14H2,1-2H3. The second-order valence-corrected chi connectivity index (χ2v) is 4.92. The van der Waals surface area contributed by atoms with E-state index in [2.05, 4.69) is 73.8 Å². The Labute approximate surface area is 116 Å². The number of benzene rings is 2. The summed E-state index contributed by atoms with van der Waals surface area (Å²) in [6.07, 6.45) is 2.14. The van der Waals surface area contributed by atoms with Crippen molar-refractivity contribution in [3.05, 3.63) is 71.3 Å². The smallest absolute Gasteiger partial charge is 0.0317 e. The Morgan fingerprint density at radius 1 is 0.842 bits per heavy atom. The van der Waals surface area contributed by atoms with Crippen LogP contribution in [0.15, 0.2) is 54.6 Å². The van der Waals surface area contributed by atoms with Crippen molar-refractivity contribution < 1.29 is 0 Å². The van der Waals surface area contributed by atoms with Gasteiger partial charge in [-0.3, -0.25) is 0 Å². The number of hydrogen-bond donors (Lipinski definition) is 1. The summed E-state index contributed by atoms with van der Waals surface area (Å²) < 4.78 is 0. The molecule has 0 heterocycles. The largest absolute Gasteiger partial charge is 0.310 e. The molecule has 2 aromatic rings. The molecule has 19 heavy (non-hydrogen) atoms. The summed E-state index contributed by atoms with van der Waals surface area (Å²) in [4.78, 5) is 0. The van der Waals surface area contributed by atoms with E-state index in [1.807, 2.05) is 0 Å². The quantitative estimate of drug-likeness (QED) is 0.807. The second kappa shape index (κ2) is 7.10. The average molecular weight is 253 g/mol. The molecule has 0 amide bonds. The van der Waals surface area contributed by atoms with Crippen molar-refractivity contribution in [3.63, 3.8) is 0 Å². The molecule has 1 unspecified atom stereocenters. The Balaban J connectivity index is 2.06. The first-order chi connectivity index (χ1) is 9.33. The first-order valence-corrected chi connectivity index (χ1v) is 7.19. The highest BCUT2D eigenvalue weighted by Gasteiger charge is 2.07. The monoisotopic (exact) mass is 253 g/mol. The van der Waals surface area contributed by atoms with Crippen molar-refractivity contribution in [1.82, 2.24) is 5.32 Å². The van der Waals surface area contributed by atoms with E-state index in [0.29, 0.717) is 6.04 Å². The van der Waals surface area contributed by atoms with Gasteiger partial charge >= 0.3 is 0 Å². The highest BCUT2D eigenvalue weighted by atomic mass is 14.9. The van der Waals surface area contributed by atoms with Gasteiger partial charge in [0.1, 0.15) is 0 Å². The Bertz CT molecular complexity index is 473. The van der Waals surface area contributed by atoms with E-state index < -0.39 is 0 Å². The fourth-order valence-electron chi connectivity index (χ4n) is 2.44. The van der Waals surface area contributed by atoms with Crippen LogP contribution >= 0.6 is 0 Å². The zero-order chi connectivity index (χ0) is 13.5. The van der Waals surface area contributed by atoms with Crippen LogP contribution in [0.25, 0.3) is 0 Å². The summed E-state index contributed by atoms with van der Waals surface area (Å²) in [6.45, 7) is 5.40. The predicted octanol–water partition coefficient (Wildman–Crippen LogP) is 4.34. The molecule has 0 saturated heterocycles. The van der Waals surface area contributed by atoms with Crippen molar-refractivity contribution in [2.75, 3.05) is 6.54 Å². The Morgan fingerprint density at radius 2 is 1.47 bits per heavy atom. The van der Waals surface area contributed by atoms with Gasteiger partial charge in [0, 0.05) is 6.04 Å². The van der Waals surface area contributed by atoms with Crippen molar-refractivity contribution in [2.24, 2.45) is 0 Å². The lowest BCUT2D eigenvalue weighted by Gasteiger charge is -2.16. The summed E-state index contributed by atoms with van der Waals surface area (Å²) in [5.74, 6) is 0. The topological polar surface area (TPSA) is 12.0 Å². The van der Waals surface area contributed by atoms with E-state index in [4.69, 9.17) is 0 Å². The minimum absolute atomic E-state index is 0.482. The van der Waals surface area contributed by atoms with Crippen LogP contribution in [0.2, 0.25) is 0 Å². The molecule has 0 aliphatic heterocycles. The fraction of sp³-hybridized carbons (Fsp3) is 0.333.